The Morgan fingerprint density at radius 3 is 2.83 bits per heavy atom. The summed E-state index contributed by atoms with van der Waals surface area (Å²) in [5.74, 6) is 0.186. The van der Waals surface area contributed by atoms with E-state index in [-0.39, 0.29) is 17.1 Å². The van der Waals surface area contributed by atoms with E-state index in [4.69, 9.17) is 27.9 Å². The van der Waals surface area contributed by atoms with Crippen LogP contribution in [0.5, 0.6) is 11.5 Å². The van der Waals surface area contributed by atoms with Crippen molar-refractivity contribution in [2.24, 2.45) is 0 Å². The molecule has 1 saturated heterocycles. The predicted molar refractivity (Wildman–Crippen MR) is 122 cm³/mol. The van der Waals surface area contributed by atoms with E-state index in [0.717, 1.165) is 25.2 Å². The highest BCUT2D eigenvalue weighted by Crippen LogP contribution is 2.31. The van der Waals surface area contributed by atoms with Gasteiger partial charge < -0.3 is 15.2 Å². The molecule has 2 aromatic carbocycles. The number of nitrogens with one attached hydrogen (secondary N) is 1. The minimum absolute atomic E-state index is 0.104. The third-order valence-electron chi connectivity index (χ3n) is 5.13. The number of ether oxygens (including phenoxy) is 1. The number of nitrogens with zero attached hydrogens (tertiary/aromatic N) is 1. The van der Waals surface area contributed by atoms with E-state index in [2.05, 4.69) is 17.1 Å². The second kappa shape index (κ2) is 10.3. The Kier molecular flexibility index (Phi) is 7.78. The third kappa shape index (κ3) is 5.55. The molecule has 2 aromatic rings. The number of ketones is 1. The van der Waals surface area contributed by atoms with Crippen molar-refractivity contribution in [1.82, 2.24) is 10.2 Å². The van der Waals surface area contributed by atoms with Gasteiger partial charge in [0.1, 0.15) is 11.5 Å². The van der Waals surface area contributed by atoms with E-state index in [1.165, 1.54) is 12.1 Å². The number of allylic oxidation sites excluding steroid dienone is 1. The topological polar surface area (TPSA) is 61.8 Å². The van der Waals surface area contributed by atoms with Gasteiger partial charge in [-0.1, -0.05) is 29.3 Å². The van der Waals surface area contributed by atoms with Crippen LogP contribution in [0.25, 0.3) is 6.08 Å². The summed E-state index contributed by atoms with van der Waals surface area (Å²) in [6.45, 7) is 7.92. The summed E-state index contributed by atoms with van der Waals surface area (Å²) in [6, 6.07) is 8.69. The Morgan fingerprint density at radius 2 is 2.13 bits per heavy atom. The summed E-state index contributed by atoms with van der Waals surface area (Å²) < 4.78 is 5.72. The van der Waals surface area contributed by atoms with Crippen LogP contribution in [-0.4, -0.2) is 48.1 Å². The molecule has 7 heteroatoms. The average Bonchev–Trinajstić information content (AvgIpc) is 2.70. The molecule has 3 rings (SSSR count). The van der Waals surface area contributed by atoms with E-state index < -0.39 is 0 Å². The summed E-state index contributed by atoms with van der Waals surface area (Å²) in [4.78, 5) is 15.2. The number of rotatable bonds is 7. The molecular formula is C23H26Cl2N2O3. The van der Waals surface area contributed by atoms with Crippen molar-refractivity contribution in [3.8, 4) is 11.5 Å². The molecule has 0 aliphatic carbocycles. The van der Waals surface area contributed by atoms with Crippen LogP contribution >= 0.6 is 23.2 Å². The van der Waals surface area contributed by atoms with Gasteiger partial charge in [-0.2, -0.15) is 0 Å². The van der Waals surface area contributed by atoms with E-state index in [0.29, 0.717) is 40.6 Å². The maximum atomic E-state index is 12.8. The van der Waals surface area contributed by atoms with Gasteiger partial charge in [0, 0.05) is 53.9 Å². The zero-order valence-corrected chi connectivity index (χ0v) is 18.6. The fourth-order valence-electron chi connectivity index (χ4n) is 3.45. The van der Waals surface area contributed by atoms with Crippen molar-refractivity contribution < 1.29 is 14.6 Å². The molecule has 1 atom stereocenters. The lowest BCUT2D eigenvalue weighted by Gasteiger charge is -2.34. The first kappa shape index (κ1) is 22.6. The number of piperazine rings is 1. The number of hydrogen-bond donors (Lipinski definition) is 2. The lowest BCUT2D eigenvalue weighted by Crippen LogP contribution is -2.49. The molecule has 2 N–H and O–H groups in total. The minimum Gasteiger partial charge on any atom is -0.507 e. The minimum atomic E-state index is -0.309. The van der Waals surface area contributed by atoms with Crippen molar-refractivity contribution in [1.29, 1.82) is 0 Å². The smallest absolute Gasteiger partial charge is 0.189 e. The molecule has 1 fully saturated rings. The van der Waals surface area contributed by atoms with Crippen LogP contribution in [0.1, 0.15) is 35.3 Å². The van der Waals surface area contributed by atoms with Crippen molar-refractivity contribution in [3.63, 3.8) is 0 Å². The van der Waals surface area contributed by atoms with Gasteiger partial charge in [0.15, 0.2) is 5.78 Å². The summed E-state index contributed by atoms with van der Waals surface area (Å²) >= 11 is 12.1. The summed E-state index contributed by atoms with van der Waals surface area (Å²) in [6.07, 6.45) is 3.02. The van der Waals surface area contributed by atoms with Crippen LogP contribution in [0.15, 0.2) is 36.4 Å². The number of phenols is 1. The molecule has 1 heterocycles. The van der Waals surface area contributed by atoms with Gasteiger partial charge in [0.2, 0.25) is 0 Å². The number of carbonyl (C=O) groups excluding carboxylic acids is 1. The predicted octanol–water partition coefficient (Wildman–Crippen LogP) is 4.79. The van der Waals surface area contributed by atoms with Gasteiger partial charge in [-0.05, 0) is 49.8 Å². The van der Waals surface area contributed by atoms with Crippen molar-refractivity contribution in [2.45, 2.75) is 26.4 Å². The second-order valence-electron chi connectivity index (χ2n) is 7.30. The monoisotopic (exact) mass is 448 g/mol. The van der Waals surface area contributed by atoms with Gasteiger partial charge in [-0.25, -0.2) is 0 Å². The summed E-state index contributed by atoms with van der Waals surface area (Å²) in [5, 5.41) is 14.8. The van der Waals surface area contributed by atoms with Crippen LogP contribution in [0, 0.1) is 0 Å². The summed E-state index contributed by atoms with van der Waals surface area (Å²) in [7, 11) is 0. The molecule has 0 spiro atoms. The highest BCUT2D eigenvalue weighted by atomic mass is 35.5. The molecule has 1 unspecified atom stereocenters. The third-order valence-corrected chi connectivity index (χ3v) is 5.70. The second-order valence-corrected chi connectivity index (χ2v) is 8.14. The van der Waals surface area contributed by atoms with Crippen LogP contribution in [0.3, 0.4) is 0 Å². The van der Waals surface area contributed by atoms with Crippen molar-refractivity contribution >= 4 is 35.1 Å². The van der Waals surface area contributed by atoms with Gasteiger partial charge in [-0.15, -0.1) is 0 Å². The lowest BCUT2D eigenvalue weighted by atomic mass is 10.0. The largest absolute Gasteiger partial charge is 0.507 e. The SMILES string of the molecule is CCOc1cc(O)c(C(=O)/C=C/c2ccc(Cl)cc2Cl)cc1CN1CCNCC1C. The maximum absolute atomic E-state index is 12.8. The van der Waals surface area contributed by atoms with Gasteiger partial charge in [0.05, 0.1) is 12.2 Å². The first-order chi connectivity index (χ1) is 14.4. The number of carbonyl (C=O) groups is 1. The zero-order valence-electron chi connectivity index (χ0n) is 17.1. The van der Waals surface area contributed by atoms with Gasteiger partial charge in [-0.3, -0.25) is 9.69 Å². The molecule has 0 radical (unpaired) electrons. The number of halogens is 2. The molecule has 0 saturated carbocycles. The van der Waals surface area contributed by atoms with Crippen LogP contribution < -0.4 is 10.1 Å². The number of benzene rings is 2. The highest BCUT2D eigenvalue weighted by molar-refractivity contribution is 6.35. The molecule has 0 amide bonds. The standard InChI is InChI=1S/C23H26Cl2N2O3/c1-3-30-23-12-22(29)19(10-17(23)14-27-9-8-26-13-15(27)2)21(28)7-5-16-4-6-18(24)11-20(16)25/h4-7,10-12,15,26,29H,3,8-9,13-14H2,1-2H3/b7-5+. The van der Waals surface area contributed by atoms with E-state index in [1.807, 2.05) is 6.92 Å². The molecular weight excluding hydrogens is 423 g/mol. The van der Waals surface area contributed by atoms with Gasteiger partial charge in [0.25, 0.3) is 0 Å². The van der Waals surface area contributed by atoms with E-state index in [1.54, 1.807) is 30.3 Å². The zero-order chi connectivity index (χ0) is 21.7. The Labute approximate surface area is 187 Å². The normalized spacial score (nSPS) is 17.4. The molecule has 1 aliphatic heterocycles. The number of phenolic OH excluding ortho intramolecular Hbond substituents is 1. The molecule has 0 bridgehead atoms. The highest BCUT2D eigenvalue weighted by Gasteiger charge is 2.21. The van der Waals surface area contributed by atoms with Crippen molar-refractivity contribution in [3.05, 3.63) is 63.1 Å². The Hall–Kier alpha value is -2.05. The molecule has 5 nitrogen and oxygen atoms in total. The summed E-state index contributed by atoms with van der Waals surface area (Å²) in [5.41, 5.74) is 1.79. The fraction of sp³-hybridized carbons (Fsp3) is 0.348. The van der Waals surface area contributed by atoms with Crippen LogP contribution in [0.4, 0.5) is 0 Å². The molecule has 0 aromatic heterocycles. The Bertz CT molecular complexity index is 946. The van der Waals surface area contributed by atoms with E-state index >= 15 is 0 Å². The number of hydrogen-bond acceptors (Lipinski definition) is 5. The van der Waals surface area contributed by atoms with Crippen molar-refractivity contribution in [2.75, 3.05) is 26.2 Å². The Morgan fingerprint density at radius 1 is 1.33 bits per heavy atom. The molecule has 30 heavy (non-hydrogen) atoms. The van der Waals surface area contributed by atoms with E-state index in [9.17, 15) is 9.90 Å². The number of aromatic hydroxyl groups is 1. The van der Waals surface area contributed by atoms with Crippen LogP contribution in [-0.2, 0) is 6.54 Å². The Balaban J connectivity index is 1.87. The van der Waals surface area contributed by atoms with Crippen LogP contribution in [0.2, 0.25) is 10.0 Å². The lowest BCUT2D eigenvalue weighted by molar-refractivity contribution is 0.104. The first-order valence-corrected chi connectivity index (χ1v) is 10.8. The fourth-order valence-corrected chi connectivity index (χ4v) is 3.92. The molecule has 160 valence electrons. The average molecular weight is 449 g/mol. The maximum Gasteiger partial charge on any atom is 0.189 e. The van der Waals surface area contributed by atoms with Gasteiger partial charge >= 0.3 is 0 Å². The molecule has 1 aliphatic rings. The quantitative estimate of drug-likeness (QED) is 0.470. The first-order valence-electron chi connectivity index (χ1n) is 10.00.